The largest absolute Gasteiger partial charge is 0.496 e. The van der Waals surface area contributed by atoms with Gasteiger partial charge in [-0.05, 0) is 30.5 Å². The van der Waals surface area contributed by atoms with Crippen LogP contribution in [-0.4, -0.2) is 60.7 Å². The molecule has 7 heteroatoms. The lowest BCUT2D eigenvalue weighted by atomic mass is 10.1. The third kappa shape index (κ3) is 4.62. The average Bonchev–Trinajstić information content (AvgIpc) is 2.95. The molecule has 0 radical (unpaired) electrons. The molecule has 26 heavy (non-hydrogen) atoms. The maximum atomic E-state index is 12.5. The number of anilines is 1. The molecule has 1 fully saturated rings. The van der Waals surface area contributed by atoms with E-state index in [-0.39, 0.29) is 6.03 Å². The van der Waals surface area contributed by atoms with Crippen LogP contribution in [0.2, 0.25) is 0 Å². The summed E-state index contributed by atoms with van der Waals surface area (Å²) in [6.45, 7) is 3.59. The van der Waals surface area contributed by atoms with Crippen LogP contribution in [0.4, 0.5) is 10.7 Å². The molecule has 2 aromatic rings. The second-order valence-corrected chi connectivity index (χ2v) is 6.17. The van der Waals surface area contributed by atoms with Crippen LogP contribution in [0.5, 0.6) is 5.75 Å². The fraction of sp³-hybridized carbons (Fsp3) is 0.421. The number of hydrogen-bond acceptors (Lipinski definition) is 5. The van der Waals surface area contributed by atoms with Crippen LogP contribution in [0.1, 0.15) is 12.0 Å². The Hall–Kier alpha value is -2.83. The first-order valence-corrected chi connectivity index (χ1v) is 8.94. The third-order valence-electron chi connectivity index (χ3n) is 4.48. The third-order valence-corrected chi connectivity index (χ3v) is 4.48. The molecule has 7 nitrogen and oxygen atoms in total. The van der Waals surface area contributed by atoms with Gasteiger partial charge in [0.05, 0.1) is 7.11 Å². The smallest absolute Gasteiger partial charge is 0.317 e. The lowest BCUT2D eigenvalue weighted by molar-refractivity contribution is 0.201. The van der Waals surface area contributed by atoms with Gasteiger partial charge in [0, 0.05) is 45.1 Å². The molecule has 1 aromatic heterocycles. The van der Waals surface area contributed by atoms with Crippen molar-refractivity contribution in [3.63, 3.8) is 0 Å². The topological polar surface area (TPSA) is 70.6 Å². The molecule has 1 saturated heterocycles. The van der Waals surface area contributed by atoms with E-state index in [1.807, 2.05) is 35.2 Å². The summed E-state index contributed by atoms with van der Waals surface area (Å²) in [5.74, 6) is 1.58. The van der Waals surface area contributed by atoms with E-state index in [9.17, 15) is 4.79 Å². The average molecular weight is 355 g/mol. The SMILES string of the molecule is COc1ccccc1CCNC(=O)N1CCCN(c2ncccn2)CC1. The minimum absolute atomic E-state index is 0.0178. The molecule has 1 aliphatic heterocycles. The minimum atomic E-state index is -0.0178. The fourth-order valence-corrected chi connectivity index (χ4v) is 3.10. The van der Waals surface area contributed by atoms with Gasteiger partial charge in [-0.2, -0.15) is 0 Å². The quantitative estimate of drug-likeness (QED) is 0.888. The van der Waals surface area contributed by atoms with Gasteiger partial charge in [0.15, 0.2) is 0 Å². The van der Waals surface area contributed by atoms with E-state index in [1.165, 1.54) is 0 Å². The van der Waals surface area contributed by atoms with Crippen molar-refractivity contribution in [1.82, 2.24) is 20.2 Å². The Morgan fingerprint density at radius 2 is 1.92 bits per heavy atom. The number of benzene rings is 1. The van der Waals surface area contributed by atoms with Gasteiger partial charge < -0.3 is 19.9 Å². The van der Waals surface area contributed by atoms with Crippen LogP contribution in [0.15, 0.2) is 42.7 Å². The Bertz CT molecular complexity index is 710. The van der Waals surface area contributed by atoms with Crippen LogP contribution in [0.3, 0.4) is 0 Å². The Balaban J connectivity index is 1.48. The second-order valence-electron chi connectivity index (χ2n) is 6.17. The van der Waals surface area contributed by atoms with Gasteiger partial charge in [0.1, 0.15) is 5.75 Å². The predicted octanol–water partition coefficient (Wildman–Crippen LogP) is 1.95. The zero-order valence-electron chi connectivity index (χ0n) is 15.1. The number of ether oxygens (including phenoxy) is 1. The first-order valence-electron chi connectivity index (χ1n) is 8.94. The summed E-state index contributed by atoms with van der Waals surface area (Å²) < 4.78 is 5.35. The summed E-state index contributed by atoms with van der Waals surface area (Å²) in [5, 5.41) is 3.02. The van der Waals surface area contributed by atoms with Gasteiger partial charge in [-0.15, -0.1) is 0 Å². The molecule has 2 amide bonds. The van der Waals surface area contributed by atoms with Gasteiger partial charge in [0.2, 0.25) is 5.95 Å². The number of nitrogens with zero attached hydrogens (tertiary/aromatic N) is 4. The number of rotatable bonds is 5. The molecule has 1 aliphatic rings. The maximum absolute atomic E-state index is 12.5. The highest BCUT2D eigenvalue weighted by Crippen LogP contribution is 2.17. The molecule has 3 rings (SSSR count). The zero-order chi connectivity index (χ0) is 18.2. The van der Waals surface area contributed by atoms with Crippen molar-refractivity contribution in [3.05, 3.63) is 48.3 Å². The van der Waals surface area contributed by atoms with E-state index in [0.717, 1.165) is 49.7 Å². The van der Waals surface area contributed by atoms with Gasteiger partial charge >= 0.3 is 6.03 Å². The van der Waals surface area contributed by atoms with Crippen LogP contribution in [0, 0.1) is 0 Å². The molecule has 0 aliphatic carbocycles. The van der Waals surface area contributed by atoms with Crippen molar-refractivity contribution in [3.8, 4) is 5.75 Å². The van der Waals surface area contributed by atoms with E-state index < -0.39 is 0 Å². The minimum Gasteiger partial charge on any atom is -0.496 e. The number of urea groups is 1. The maximum Gasteiger partial charge on any atom is 0.317 e. The lowest BCUT2D eigenvalue weighted by Crippen LogP contribution is -2.42. The van der Waals surface area contributed by atoms with Crippen LogP contribution >= 0.6 is 0 Å². The second kappa shape index (κ2) is 9.03. The molecular weight excluding hydrogens is 330 g/mol. The first kappa shape index (κ1) is 18.0. The summed E-state index contributed by atoms with van der Waals surface area (Å²) >= 11 is 0. The Morgan fingerprint density at radius 1 is 1.12 bits per heavy atom. The molecule has 138 valence electrons. The molecule has 1 aromatic carbocycles. The first-order chi connectivity index (χ1) is 12.8. The van der Waals surface area contributed by atoms with Gasteiger partial charge in [-0.1, -0.05) is 18.2 Å². The fourth-order valence-electron chi connectivity index (χ4n) is 3.10. The number of amides is 2. The van der Waals surface area contributed by atoms with Crippen LogP contribution < -0.4 is 15.0 Å². The van der Waals surface area contributed by atoms with Crippen molar-refractivity contribution in [2.24, 2.45) is 0 Å². The van der Waals surface area contributed by atoms with Crippen molar-refractivity contribution >= 4 is 12.0 Å². The molecule has 0 bridgehead atoms. The molecule has 0 unspecified atom stereocenters. The van der Waals surface area contributed by atoms with E-state index in [1.54, 1.807) is 19.5 Å². The summed E-state index contributed by atoms with van der Waals surface area (Å²) in [7, 11) is 1.66. The Kier molecular flexibility index (Phi) is 6.24. The van der Waals surface area contributed by atoms with E-state index >= 15 is 0 Å². The molecule has 0 saturated carbocycles. The van der Waals surface area contributed by atoms with Gasteiger partial charge in [0.25, 0.3) is 0 Å². The molecular formula is C19H25N5O2. The van der Waals surface area contributed by atoms with Crippen molar-refractivity contribution in [1.29, 1.82) is 0 Å². The summed E-state index contributed by atoms with van der Waals surface area (Å²) in [6, 6.07) is 9.68. The predicted molar refractivity (Wildman–Crippen MR) is 101 cm³/mol. The van der Waals surface area contributed by atoms with Crippen molar-refractivity contribution < 1.29 is 9.53 Å². The van der Waals surface area contributed by atoms with Crippen LogP contribution in [0.25, 0.3) is 0 Å². The van der Waals surface area contributed by atoms with Crippen molar-refractivity contribution in [2.75, 3.05) is 44.7 Å². The van der Waals surface area contributed by atoms with Crippen molar-refractivity contribution in [2.45, 2.75) is 12.8 Å². The van der Waals surface area contributed by atoms with E-state index in [0.29, 0.717) is 13.1 Å². The number of para-hydroxylation sites is 1. The number of hydrogen-bond donors (Lipinski definition) is 1. The van der Waals surface area contributed by atoms with E-state index in [4.69, 9.17) is 4.74 Å². The summed E-state index contributed by atoms with van der Waals surface area (Å²) in [5.41, 5.74) is 1.10. The Labute approximate surface area is 154 Å². The summed E-state index contributed by atoms with van der Waals surface area (Å²) in [4.78, 5) is 25.1. The van der Waals surface area contributed by atoms with Crippen LogP contribution in [-0.2, 0) is 6.42 Å². The van der Waals surface area contributed by atoms with Gasteiger partial charge in [-0.25, -0.2) is 14.8 Å². The zero-order valence-corrected chi connectivity index (χ0v) is 15.1. The standard InChI is InChI=1S/C19H25N5O2/c1-26-17-7-3-2-6-16(17)8-11-22-19(25)24-13-5-12-23(14-15-24)18-20-9-4-10-21-18/h2-4,6-7,9-10H,5,8,11-15H2,1H3,(H,22,25). The molecule has 1 N–H and O–H groups in total. The van der Waals surface area contributed by atoms with E-state index in [2.05, 4.69) is 20.2 Å². The lowest BCUT2D eigenvalue weighted by Gasteiger charge is -2.22. The number of carbonyl (C=O) groups excluding carboxylic acids is 1. The molecule has 2 heterocycles. The number of aromatic nitrogens is 2. The highest BCUT2D eigenvalue weighted by Gasteiger charge is 2.20. The molecule has 0 spiro atoms. The molecule has 0 atom stereocenters. The normalized spacial score (nSPS) is 14.7. The number of nitrogens with one attached hydrogen (secondary N) is 1. The highest BCUT2D eigenvalue weighted by atomic mass is 16.5. The van der Waals surface area contributed by atoms with Gasteiger partial charge in [-0.3, -0.25) is 0 Å². The Morgan fingerprint density at radius 3 is 2.73 bits per heavy atom. The highest BCUT2D eigenvalue weighted by molar-refractivity contribution is 5.74. The number of carbonyl (C=O) groups is 1. The number of methoxy groups -OCH3 is 1. The summed E-state index contributed by atoms with van der Waals surface area (Å²) in [6.07, 6.45) is 5.14. The monoisotopic (exact) mass is 355 g/mol.